The van der Waals surface area contributed by atoms with Gasteiger partial charge in [0.25, 0.3) is 5.91 Å². The minimum atomic E-state index is -0.348. The summed E-state index contributed by atoms with van der Waals surface area (Å²) in [7, 11) is 1.91. The molecule has 4 heterocycles. The van der Waals surface area contributed by atoms with Gasteiger partial charge in [0, 0.05) is 68.5 Å². The number of nitrogens with zero attached hydrogens (tertiary/aromatic N) is 4. The molecule has 11 nitrogen and oxygen atoms in total. The summed E-state index contributed by atoms with van der Waals surface area (Å²) in [6, 6.07) is 16.6. The van der Waals surface area contributed by atoms with Gasteiger partial charge in [0.05, 0.1) is 30.0 Å². The molecular formula is C32H32N8O3. The summed E-state index contributed by atoms with van der Waals surface area (Å²) in [5.41, 5.74) is 12.5. The van der Waals surface area contributed by atoms with Gasteiger partial charge in [-0.2, -0.15) is 0 Å². The molecule has 2 aliphatic rings. The number of nitrogens with one attached hydrogen (secondary N) is 3. The SMILES string of the molecule is Cn1c(-c2nc(N)ncc2C#Cc2cccc(NC(=O)Nc3cccc(CN4CCOCC4)c3)c2)cc2c1CCNC2=O. The van der Waals surface area contributed by atoms with Gasteiger partial charge in [0.2, 0.25) is 5.95 Å². The second kappa shape index (κ2) is 12.4. The molecule has 5 N–H and O–H groups in total. The number of amides is 3. The quantitative estimate of drug-likeness (QED) is 0.268. The largest absolute Gasteiger partial charge is 0.379 e. The van der Waals surface area contributed by atoms with Crippen LogP contribution in [0.3, 0.4) is 0 Å². The Morgan fingerprint density at radius 2 is 1.84 bits per heavy atom. The number of carbonyl (C=O) groups excluding carboxylic acids is 2. The Balaban J connectivity index is 1.16. The van der Waals surface area contributed by atoms with Crippen molar-refractivity contribution in [3.63, 3.8) is 0 Å². The first-order chi connectivity index (χ1) is 20.9. The highest BCUT2D eigenvalue weighted by Gasteiger charge is 2.24. The highest BCUT2D eigenvalue weighted by Crippen LogP contribution is 2.28. The van der Waals surface area contributed by atoms with Crippen molar-refractivity contribution in [1.29, 1.82) is 0 Å². The average molecular weight is 577 g/mol. The number of hydrogen-bond acceptors (Lipinski definition) is 7. The number of ether oxygens (including phenoxy) is 1. The molecule has 1 saturated heterocycles. The first-order valence-corrected chi connectivity index (χ1v) is 14.1. The molecule has 43 heavy (non-hydrogen) atoms. The van der Waals surface area contributed by atoms with E-state index in [0.29, 0.717) is 34.6 Å². The smallest absolute Gasteiger partial charge is 0.323 e. The normalized spacial score (nSPS) is 14.7. The molecule has 0 bridgehead atoms. The molecule has 3 amide bonds. The summed E-state index contributed by atoms with van der Waals surface area (Å²) in [6.07, 6.45) is 2.31. The van der Waals surface area contributed by atoms with Crippen LogP contribution in [0.15, 0.2) is 60.8 Å². The van der Waals surface area contributed by atoms with Crippen LogP contribution in [0.2, 0.25) is 0 Å². The Morgan fingerprint density at radius 1 is 1.07 bits per heavy atom. The van der Waals surface area contributed by atoms with E-state index in [-0.39, 0.29) is 17.9 Å². The number of rotatable bonds is 5. The van der Waals surface area contributed by atoms with Crippen LogP contribution in [0.25, 0.3) is 11.4 Å². The molecule has 0 aliphatic carbocycles. The number of nitrogen functional groups attached to an aromatic ring is 1. The van der Waals surface area contributed by atoms with E-state index in [1.54, 1.807) is 18.3 Å². The van der Waals surface area contributed by atoms with E-state index in [0.717, 1.165) is 61.9 Å². The van der Waals surface area contributed by atoms with E-state index < -0.39 is 0 Å². The summed E-state index contributed by atoms with van der Waals surface area (Å²) in [4.78, 5) is 36.1. The number of anilines is 3. The first-order valence-electron chi connectivity index (χ1n) is 14.1. The van der Waals surface area contributed by atoms with Gasteiger partial charge in [-0.25, -0.2) is 14.8 Å². The summed E-state index contributed by atoms with van der Waals surface area (Å²) < 4.78 is 7.39. The van der Waals surface area contributed by atoms with E-state index in [1.165, 1.54) is 0 Å². The zero-order valence-electron chi connectivity index (χ0n) is 23.8. The fraction of sp³-hybridized carbons (Fsp3) is 0.250. The molecule has 1 fully saturated rings. The summed E-state index contributed by atoms with van der Waals surface area (Å²) in [5.74, 6) is 6.31. The van der Waals surface area contributed by atoms with Crippen LogP contribution in [0.4, 0.5) is 22.1 Å². The molecule has 0 saturated carbocycles. The fourth-order valence-corrected chi connectivity index (χ4v) is 5.31. The Hall–Kier alpha value is -5.18. The average Bonchev–Trinajstić information content (AvgIpc) is 3.34. The van der Waals surface area contributed by atoms with E-state index in [1.807, 2.05) is 48.0 Å². The number of urea groups is 1. The van der Waals surface area contributed by atoms with Gasteiger partial charge in [-0.15, -0.1) is 0 Å². The van der Waals surface area contributed by atoms with Gasteiger partial charge in [-0.05, 0) is 42.0 Å². The molecule has 0 radical (unpaired) electrons. The van der Waals surface area contributed by atoms with Crippen molar-refractivity contribution in [1.82, 2.24) is 24.8 Å². The predicted molar refractivity (Wildman–Crippen MR) is 164 cm³/mol. The molecule has 2 aliphatic heterocycles. The minimum Gasteiger partial charge on any atom is -0.379 e. The third-order valence-corrected chi connectivity index (χ3v) is 7.46. The van der Waals surface area contributed by atoms with Gasteiger partial charge < -0.3 is 31.0 Å². The van der Waals surface area contributed by atoms with E-state index in [4.69, 9.17) is 10.5 Å². The zero-order valence-corrected chi connectivity index (χ0v) is 23.8. The van der Waals surface area contributed by atoms with Crippen molar-refractivity contribution < 1.29 is 14.3 Å². The molecule has 218 valence electrons. The molecule has 2 aromatic heterocycles. The number of benzene rings is 2. The van der Waals surface area contributed by atoms with Crippen molar-refractivity contribution in [2.24, 2.45) is 7.05 Å². The predicted octanol–water partition coefficient (Wildman–Crippen LogP) is 3.23. The van der Waals surface area contributed by atoms with Crippen LogP contribution >= 0.6 is 0 Å². The van der Waals surface area contributed by atoms with E-state index >= 15 is 0 Å². The molecule has 0 spiro atoms. The van der Waals surface area contributed by atoms with Gasteiger partial charge in [0.15, 0.2) is 0 Å². The maximum atomic E-state index is 12.8. The first kappa shape index (κ1) is 28.0. The highest BCUT2D eigenvalue weighted by molar-refractivity contribution is 6.00. The van der Waals surface area contributed by atoms with Gasteiger partial charge in [0.1, 0.15) is 5.69 Å². The van der Waals surface area contributed by atoms with Crippen molar-refractivity contribution in [2.45, 2.75) is 13.0 Å². The molecule has 0 atom stereocenters. The minimum absolute atomic E-state index is 0.105. The monoisotopic (exact) mass is 576 g/mol. The van der Waals surface area contributed by atoms with Crippen LogP contribution in [0, 0.1) is 11.8 Å². The van der Waals surface area contributed by atoms with Crippen LogP contribution in [-0.2, 0) is 24.8 Å². The number of carbonyl (C=O) groups is 2. The van der Waals surface area contributed by atoms with Crippen molar-refractivity contribution in [3.05, 3.63) is 88.7 Å². The number of morpholine rings is 1. The second-order valence-electron chi connectivity index (χ2n) is 10.4. The molecule has 6 rings (SSSR count). The van der Waals surface area contributed by atoms with E-state index in [2.05, 4.69) is 48.7 Å². The number of aromatic nitrogens is 3. The molecule has 11 heteroatoms. The van der Waals surface area contributed by atoms with Gasteiger partial charge in [-0.3, -0.25) is 9.69 Å². The van der Waals surface area contributed by atoms with Crippen LogP contribution in [0.5, 0.6) is 0 Å². The van der Waals surface area contributed by atoms with E-state index in [9.17, 15) is 9.59 Å². The van der Waals surface area contributed by atoms with Gasteiger partial charge in [-0.1, -0.05) is 30.0 Å². The Morgan fingerprint density at radius 3 is 2.63 bits per heavy atom. The summed E-state index contributed by atoms with van der Waals surface area (Å²) >= 11 is 0. The topological polar surface area (TPSA) is 139 Å². The van der Waals surface area contributed by atoms with Crippen molar-refractivity contribution in [2.75, 3.05) is 49.2 Å². The Labute approximate surface area is 249 Å². The van der Waals surface area contributed by atoms with Gasteiger partial charge >= 0.3 is 6.03 Å². The summed E-state index contributed by atoms with van der Waals surface area (Å²) in [6.45, 7) is 4.68. The van der Waals surface area contributed by atoms with Crippen LogP contribution < -0.4 is 21.7 Å². The molecule has 0 unspecified atom stereocenters. The lowest BCUT2D eigenvalue weighted by Crippen LogP contribution is -2.35. The lowest BCUT2D eigenvalue weighted by molar-refractivity contribution is 0.0342. The summed E-state index contributed by atoms with van der Waals surface area (Å²) in [5, 5.41) is 8.68. The Bertz CT molecular complexity index is 1750. The third-order valence-electron chi connectivity index (χ3n) is 7.46. The lowest BCUT2D eigenvalue weighted by atomic mass is 10.1. The van der Waals surface area contributed by atoms with Crippen molar-refractivity contribution in [3.8, 4) is 23.2 Å². The number of nitrogens with two attached hydrogens (primary N) is 1. The number of fused-ring (bicyclic) bond motifs is 1. The van der Waals surface area contributed by atoms with Crippen LogP contribution in [-0.4, -0.2) is 64.2 Å². The molecular weight excluding hydrogens is 544 g/mol. The zero-order chi connectivity index (χ0) is 29.8. The second-order valence-corrected chi connectivity index (χ2v) is 10.4. The third kappa shape index (κ3) is 6.51. The molecule has 2 aromatic carbocycles. The maximum Gasteiger partial charge on any atom is 0.323 e. The highest BCUT2D eigenvalue weighted by atomic mass is 16.5. The van der Waals surface area contributed by atoms with Crippen molar-refractivity contribution >= 4 is 29.3 Å². The maximum absolute atomic E-state index is 12.8. The van der Waals surface area contributed by atoms with Crippen LogP contribution in [0.1, 0.15) is 32.7 Å². The number of hydrogen-bond donors (Lipinski definition) is 4. The standard InChI is InChI=1S/C32H32N8O3/c1-39-27-10-11-34-30(41)26(27)18-28(39)29-23(19-35-31(33)38-29)9-8-21-4-2-6-24(16-21)36-32(42)37-25-7-3-5-22(17-25)20-40-12-14-43-15-13-40/h2-7,16-19H,10-15,20H2,1H3,(H,34,41)(H2,33,35,38)(H2,36,37,42). The lowest BCUT2D eigenvalue weighted by Gasteiger charge is -2.26. The molecule has 4 aromatic rings. The fourth-order valence-electron chi connectivity index (χ4n) is 5.31. The Kier molecular flexibility index (Phi) is 8.04.